The van der Waals surface area contributed by atoms with Crippen molar-refractivity contribution >= 4 is 35.8 Å². The predicted octanol–water partition coefficient (Wildman–Crippen LogP) is 1.43. The number of likely N-dealkylation sites (N-methyl/N-ethyl adjacent to an activating group) is 1. The Hall–Kier alpha value is -1.39. The number of rotatable bonds is 5. The van der Waals surface area contributed by atoms with E-state index in [1.165, 1.54) is 0 Å². The van der Waals surface area contributed by atoms with E-state index < -0.39 is 0 Å². The molecule has 0 saturated carbocycles. The molecule has 1 saturated heterocycles. The van der Waals surface area contributed by atoms with Crippen LogP contribution in [0.4, 0.5) is 0 Å². The highest BCUT2D eigenvalue weighted by molar-refractivity contribution is 14.0. The Labute approximate surface area is 166 Å². The number of H-pyrrole nitrogens is 1. The number of nitrogens with one attached hydrogen (secondary N) is 2. The molecule has 1 aliphatic rings. The average molecular weight is 463 g/mol. The third-order valence-electron chi connectivity index (χ3n) is 4.47. The minimum Gasteiger partial charge on any atom is -0.354 e. The second-order valence-corrected chi connectivity index (χ2v) is 6.51. The highest BCUT2D eigenvalue weighted by atomic mass is 127. The number of nitrogens with zero attached hydrogens (tertiary/aromatic N) is 5. The molecule has 2 N–H and O–H groups in total. The van der Waals surface area contributed by atoms with Gasteiger partial charge in [-0.2, -0.15) is 5.10 Å². The molecule has 2 heterocycles. The van der Waals surface area contributed by atoms with Crippen molar-refractivity contribution < 1.29 is 4.79 Å². The number of hydrogen-bond acceptors (Lipinski definition) is 4. The summed E-state index contributed by atoms with van der Waals surface area (Å²) in [5.74, 6) is 2.22. The fourth-order valence-corrected chi connectivity index (χ4v) is 2.62. The number of carbonyl (C=O) groups is 1. The van der Waals surface area contributed by atoms with Crippen LogP contribution in [0.15, 0.2) is 11.3 Å². The topological polar surface area (TPSA) is 89.5 Å². The molecule has 1 unspecified atom stereocenters. The summed E-state index contributed by atoms with van der Waals surface area (Å²) >= 11 is 0. The van der Waals surface area contributed by atoms with Crippen LogP contribution in [-0.2, 0) is 4.79 Å². The Morgan fingerprint density at radius 3 is 2.68 bits per heavy atom. The molecule has 8 nitrogen and oxygen atoms in total. The van der Waals surface area contributed by atoms with Crippen LogP contribution in [0.25, 0.3) is 0 Å². The standard InChI is InChI=1S/C16H29N7O.HI/c1-5-12(2)20-16(17-10-14(24)22(3)4)23-8-6-13(7-9-23)15-18-11-19-21-15;/h11-13H,5-10H2,1-4H3,(H,17,20)(H,18,19,21);1H. The molecule has 0 aromatic carbocycles. The van der Waals surface area contributed by atoms with E-state index in [4.69, 9.17) is 0 Å². The zero-order chi connectivity index (χ0) is 17.5. The fraction of sp³-hybridized carbons (Fsp3) is 0.750. The largest absolute Gasteiger partial charge is 0.354 e. The SMILES string of the molecule is CCC(C)NC(=NCC(=O)N(C)C)N1CCC(c2ncn[nH]2)CC1.I. The summed E-state index contributed by atoms with van der Waals surface area (Å²) in [5, 5.41) is 10.4. The number of likely N-dealkylation sites (tertiary alicyclic amines) is 1. The van der Waals surface area contributed by atoms with Crippen molar-refractivity contribution in [2.75, 3.05) is 33.7 Å². The van der Waals surface area contributed by atoms with Gasteiger partial charge in [-0.1, -0.05) is 6.92 Å². The number of amides is 1. The fourth-order valence-electron chi connectivity index (χ4n) is 2.62. The first-order valence-corrected chi connectivity index (χ1v) is 8.62. The van der Waals surface area contributed by atoms with Gasteiger partial charge in [-0.15, -0.1) is 24.0 Å². The van der Waals surface area contributed by atoms with Crippen molar-refractivity contribution in [1.82, 2.24) is 30.3 Å². The van der Waals surface area contributed by atoms with Crippen LogP contribution in [0.2, 0.25) is 0 Å². The van der Waals surface area contributed by atoms with Gasteiger partial charge in [0.2, 0.25) is 5.91 Å². The van der Waals surface area contributed by atoms with E-state index in [0.29, 0.717) is 12.0 Å². The van der Waals surface area contributed by atoms with Gasteiger partial charge in [-0.3, -0.25) is 9.89 Å². The first kappa shape index (κ1) is 21.7. The van der Waals surface area contributed by atoms with Crippen LogP contribution in [0, 0.1) is 0 Å². The smallest absolute Gasteiger partial charge is 0.243 e. The number of aromatic nitrogens is 3. The Balaban J connectivity index is 0.00000312. The molecule has 142 valence electrons. The van der Waals surface area contributed by atoms with Gasteiger partial charge >= 0.3 is 0 Å². The van der Waals surface area contributed by atoms with E-state index in [1.807, 2.05) is 0 Å². The highest BCUT2D eigenvalue weighted by Crippen LogP contribution is 2.25. The summed E-state index contributed by atoms with van der Waals surface area (Å²) in [7, 11) is 3.50. The summed E-state index contributed by atoms with van der Waals surface area (Å²) in [5.41, 5.74) is 0. The molecule has 0 aliphatic carbocycles. The first-order valence-electron chi connectivity index (χ1n) is 8.62. The lowest BCUT2D eigenvalue weighted by Crippen LogP contribution is -2.48. The summed E-state index contributed by atoms with van der Waals surface area (Å²) < 4.78 is 0. The number of guanidine groups is 1. The summed E-state index contributed by atoms with van der Waals surface area (Å²) in [6, 6.07) is 0.324. The Morgan fingerprint density at radius 2 is 2.16 bits per heavy atom. The second-order valence-electron chi connectivity index (χ2n) is 6.51. The molecule has 1 aromatic rings. The number of carbonyl (C=O) groups excluding carboxylic acids is 1. The maximum atomic E-state index is 11.8. The number of aliphatic imine (C=N–C) groups is 1. The summed E-state index contributed by atoms with van der Waals surface area (Å²) in [6.07, 6.45) is 4.57. The summed E-state index contributed by atoms with van der Waals surface area (Å²) in [4.78, 5) is 24.5. The molecule has 25 heavy (non-hydrogen) atoms. The minimum absolute atomic E-state index is 0. The molecule has 1 aromatic heterocycles. The monoisotopic (exact) mass is 463 g/mol. The average Bonchev–Trinajstić information content (AvgIpc) is 3.12. The van der Waals surface area contributed by atoms with Gasteiger partial charge in [0.1, 0.15) is 18.7 Å². The molecule has 2 rings (SSSR count). The van der Waals surface area contributed by atoms with Gasteiger partial charge in [-0.05, 0) is 26.2 Å². The molecule has 0 radical (unpaired) electrons. The molecule has 1 aliphatic heterocycles. The van der Waals surface area contributed by atoms with Crippen LogP contribution in [0.1, 0.15) is 44.9 Å². The van der Waals surface area contributed by atoms with Crippen molar-refractivity contribution in [2.24, 2.45) is 4.99 Å². The summed E-state index contributed by atoms with van der Waals surface area (Å²) in [6.45, 7) is 6.22. The lowest BCUT2D eigenvalue weighted by molar-refractivity contribution is -0.127. The van der Waals surface area contributed by atoms with Crippen molar-refractivity contribution in [1.29, 1.82) is 0 Å². The zero-order valence-electron chi connectivity index (χ0n) is 15.5. The van der Waals surface area contributed by atoms with Gasteiger partial charge in [0.25, 0.3) is 0 Å². The molecular weight excluding hydrogens is 433 g/mol. The van der Waals surface area contributed by atoms with Crippen molar-refractivity contribution in [3.8, 4) is 0 Å². The van der Waals surface area contributed by atoms with E-state index in [2.05, 4.69) is 44.2 Å². The van der Waals surface area contributed by atoms with Crippen molar-refractivity contribution in [3.63, 3.8) is 0 Å². The normalized spacial score (nSPS) is 17.0. The lowest BCUT2D eigenvalue weighted by atomic mass is 9.96. The van der Waals surface area contributed by atoms with Crippen LogP contribution in [0.3, 0.4) is 0 Å². The number of hydrogen-bond donors (Lipinski definition) is 2. The molecule has 0 spiro atoms. The molecule has 0 bridgehead atoms. The van der Waals surface area contributed by atoms with E-state index in [9.17, 15) is 4.79 Å². The van der Waals surface area contributed by atoms with Gasteiger partial charge < -0.3 is 15.1 Å². The molecular formula is C16H30IN7O. The van der Waals surface area contributed by atoms with E-state index >= 15 is 0 Å². The molecule has 1 atom stereocenters. The van der Waals surface area contributed by atoms with Gasteiger partial charge in [0.05, 0.1) is 0 Å². The Bertz CT molecular complexity index is 539. The third-order valence-corrected chi connectivity index (χ3v) is 4.47. The maximum absolute atomic E-state index is 11.8. The number of piperidine rings is 1. The van der Waals surface area contributed by atoms with Gasteiger partial charge in [0, 0.05) is 39.1 Å². The number of halogens is 1. The highest BCUT2D eigenvalue weighted by Gasteiger charge is 2.25. The minimum atomic E-state index is 0. The molecule has 1 fully saturated rings. The van der Waals surface area contributed by atoms with Crippen LogP contribution in [0.5, 0.6) is 0 Å². The van der Waals surface area contributed by atoms with Crippen molar-refractivity contribution in [3.05, 3.63) is 12.2 Å². The van der Waals surface area contributed by atoms with Gasteiger partial charge in [-0.25, -0.2) is 9.98 Å². The predicted molar refractivity (Wildman–Crippen MR) is 109 cm³/mol. The maximum Gasteiger partial charge on any atom is 0.243 e. The Kier molecular flexibility index (Phi) is 9.15. The quantitative estimate of drug-likeness (QED) is 0.392. The van der Waals surface area contributed by atoms with E-state index in [-0.39, 0.29) is 36.4 Å². The number of aromatic amines is 1. The van der Waals surface area contributed by atoms with Crippen LogP contribution < -0.4 is 5.32 Å². The van der Waals surface area contributed by atoms with Gasteiger partial charge in [0.15, 0.2) is 5.96 Å². The lowest BCUT2D eigenvalue weighted by Gasteiger charge is -2.34. The molecule has 1 amide bonds. The zero-order valence-corrected chi connectivity index (χ0v) is 17.9. The van der Waals surface area contributed by atoms with Crippen molar-refractivity contribution in [2.45, 2.75) is 45.1 Å². The van der Waals surface area contributed by atoms with E-state index in [0.717, 1.165) is 44.1 Å². The molecule has 9 heteroatoms. The van der Waals surface area contributed by atoms with Crippen LogP contribution in [-0.4, -0.2) is 76.6 Å². The van der Waals surface area contributed by atoms with Crippen LogP contribution >= 0.6 is 24.0 Å². The Morgan fingerprint density at radius 1 is 1.48 bits per heavy atom. The second kappa shape index (κ2) is 10.6. The third kappa shape index (κ3) is 6.44. The first-order chi connectivity index (χ1) is 11.5. The van der Waals surface area contributed by atoms with E-state index in [1.54, 1.807) is 25.3 Å².